The van der Waals surface area contributed by atoms with Crippen molar-refractivity contribution in [2.24, 2.45) is 0 Å². The normalized spacial score (nSPS) is 17.3. The number of carbonyl (C=O) groups excluding carboxylic acids is 2. The molecule has 20 heavy (non-hydrogen) atoms. The van der Waals surface area contributed by atoms with Gasteiger partial charge < -0.3 is 5.32 Å². The van der Waals surface area contributed by atoms with E-state index in [1.165, 1.54) is 30.5 Å². The van der Waals surface area contributed by atoms with Crippen molar-refractivity contribution >= 4 is 17.6 Å². The van der Waals surface area contributed by atoms with Gasteiger partial charge in [-0.2, -0.15) is 15.0 Å². The number of nitrogens with one attached hydrogen (secondary N) is 1. The lowest BCUT2D eigenvalue weighted by molar-refractivity contribution is -0.117. The molecule has 1 N–H and O–H groups in total. The fraction of sp³-hybridized carbons (Fsp3) is 0.0769. The molecule has 0 bridgehead atoms. The lowest BCUT2D eigenvalue weighted by Crippen LogP contribution is -2.38. The van der Waals surface area contributed by atoms with E-state index in [0.717, 1.165) is 4.68 Å². The van der Waals surface area contributed by atoms with Crippen LogP contribution in [0.2, 0.25) is 0 Å². The number of benzene rings is 1. The Labute approximate surface area is 112 Å². The lowest BCUT2D eigenvalue weighted by Gasteiger charge is -2.22. The Morgan fingerprint density at radius 2 is 2.00 bits per heavy atom. The van der Waals surface area contributed by atoms with Crippen LogP contribution < -0.4 is 5.32 Å². The van der Waals surface area contributed by atoms with Crippen LogP contribution in [0.1, 0.15) is 21.8 Å². The summed E-state index contributed by atoms with van der Waals surface area (Å²) in [7, 11) is 0. The third-order valence-electron chi connectivity index (χ3n) is 3.05. The fourth-order valence-electron chi connectivity index (χ4n) is 2.09. The molecule has 1 aliphatic rings. The van der Waals surface area contributed by atoms with E-state index in [-0.39, 0.29) is 11.4 Å². The van der Waals surface area contributed by atoms with Crippen LogP contribution in [0.4, 0.5) is 10.2 Å². The summed E-state index contributed by atoms with van der Waals surface area (Å²) in [6.45, 7) is 0. The standard InChI is InChI=1S/C13H7FN4O2/c14-9-3-1-7(2-4-9)10-12(19)17-11-8(5-15)6-16-18(11)13(10)20/h1-4,6,10H,(H,17,19). The Kier molecular flexibility index (Phi) is 2.57. The molecule has 0 aliphatic carbocycles. The van der Waals surface area contributed by atoms with Gasteiger partial charge in [-0.3, -0.25) is 9.59 Å². The van der Waals surface area contributed by atoms with Gasteiger partial charge >= 0.3 is 0 Å². The minimum atomic E-state index is -1.10. The van der Waals surface area contributed by atoms with Gasteiger partial charge in [-0.15, -0.1) is 0 Å². The molecular weight excluding hydrogens is 263 g/mol. The van der Waals surface area contributed by atoms with Gasteiger partial charge in [0.15, 0.2) is 5.82 Å². The zero-order valence-corrected chi connectivity index (χ0v) is 10.0. The first-order valence-electron chi connectivity index (χ1n) is 5.70. The number of amides is 1. The van der Waals surface area contributed by atoms with Crippen LogP contribution in [0.25, 0.3) is 0 Å². The highest BCUT2D eigenvalue weighted by molar-refractivity contribution is 6.15. The number of aromatic nitrogens is 2. The number of carbonyl (C=O) groups is 2. The van der Waals surface area contributed by atoms with Crippen LogP contribution >= 0.6 is 0 Å². The third-order valence-corrected chi connectivity index (χ3v) is 3.05. The summed E-state index contributed by atoms with van der Waals surface area (Å²) in [5, 5.41) is 15.1. The number of nitriles is 1. The molecule has 3 rings (SSSR count). The van der Waals surface area contributed by atoms with E-state index < -0.39 is 23.5 Å². The van der Waals surface area contributed by atoms with Gasteiger partial charge in [-0.05, 0) is 17.7 Å². The van der Waals surface area contributed by atoms with Crippen LogP contribution in [0.3, 0.4) is 0 Å². The summed E-state index contributed by atoms with van der Waals surface area (Å²) >= 11 is 0. The number of anilines is 1. The lowest BCUT2D eigenvalue weighted by atomic mass is 9.96. The van der Waals surface area contributed by atoms with Crippen molar-refractivity contribution in [2.75, 3.05) is 5.32 Å². The molecule has 1 aliphatic heterocycles. The average molecular weight is 270 g/mol. The molecule has 6 nitrogen and oxygen atoms in total. The van der Waals surface area contributed by atoms with Gasteiger partial charge in [0.25, 0.3) is 5.91 Å². The van der Waals surface area contributed by atoms with E-state index in [2.05, 4.69) is 10.4 Å². The third kappa shape index (κ3) is 1.66. The van der Waals surface area contributed by atoms with Crippen LogP contribution in [0.15, 0.2) is 30.5 Å². The molecule has 1 atom stereocenters. The average Bonchev–Trinajstić information content (AvgIpc) is 2.84. The van der Waals surface area contributed by atoms with E-state index in [4.69, 9.17) is 5.26 Å². The molecular formula is C13H7FN4O2. The molecule has 0 radical (unpaired) electrons. The number of hydrogen-bond acceptors (Lipinski definition) is 4. The number of hydrogen-bond donors (Lipinski definition) is 1. The Bertz CT molecular complexity index is 758. The SMILES string of the molecule is N#Cc1cnn2c1NC(=O)C(c1ccc(F)cc1)C2=O. The predicted molar refractivity (Wildman–Crippen MR) is 65.3 cm³/mol. The molecule has 98 valence electrons. The first-order chi connectivity index (χ1) is 9.61. The van der Waals surface area contributed by atoms with Crippen molar-refractivity contribution in [2.45, 2.75) is 5.92 Å². The largest absolute Gasteiger partial charge is 0.308 e. The topological polar surface area (TPSA) is 87.8 Å². The maximum Gasteiger partial charge on any atom is 0.265 e. The predicted octanol–water partition coefficient (Wildman–Crippen LogP) is 1.27. The van der Waals surface area contributed by atoms with Gasteiger partial charge in [0.1, 0.15) is 23.4 Å². The van der Waals surface area contributed by atoms with Crippen LogP contribution in [-0.4, -0.2) is 21.6 Å². The van der Waals surface area contributed by atoms with E-state index >= 15 is 0 Å². The van der Waals surface area contributed by atoms with Gasteiger partial charge in [-0.25, -0.2) is 4.39 Å². The van der Waals surface area contributed by atoms with Crippen LogP contribution in [-0.2, 0) is 4.79 Å². The van der Waals surface area contributed by atoms with E-state index in [0.29, 0.717) is 5.56 Å². The highest BCUT2D eigenvalue weighted by Crippen LogP contribution is 2.28. The number of rotatable bonds is 1. The molecule has 0 spiro atoms. The second-order valence-corrected chi connectivity index (χ2v) is 4.24. The molecule has 7 heteroatoms. The summed E-state index contributed by atoms with van der Waals surface area (Å²) in [4.78, 5) is 24.3. The molecule has 1 aromatic heterocycles. The number of fused-ring (bicyclic) bond motifs is 1. The minimum absolute atomic E-state index is 0.0702. The molecule has 0 saturated heterocycles. The maximum absolute atomic E-state index is 12.9. The fourth-order valence-corrected chi connectivity index (χ4v) is 2.09. The van der Waals surface area contributed by atoms with Crippen molar-refractivity contribution < 1.29 is 14.0 Å². The van der Waals surface area contributed by atoms with Crippen molar-refractivity contribution in [1.29, 1.82) is 5.26 Å². The summed E-state index contributed by atoms with van der Waals surface area (Å²) in [5.74, 6) is -2.62. The van der Waals surface area contributed by atoms with Crippen LogP contribution in [0.5, 0.6) is 0 Å². The summed E-state index contributed by atoms with van der Waals surface area (Å²) in [6, 6.07) is 6.93. The van der Waals surface area contributed by atoms with E-state index in [9.17, 15) is 14.0 Å². The smallest absolute Gasteiger partial charge is 0.265 e. The van der Waals surface area contributed by atoms with Gasteiger partial charge in [-0.1, -0.05) is 12.1 Å². The second kappa shape index (κ2) is 4.28. The quantitative estimate of drug-likeness (QED) is 0.790. The first-order valence-corrected chi connectivity index (χ1v) is 5.70. The Balaban J connectivity index is 2.07. The number of halogens is 1. The van der Waals surface area contributed by atoms with Crippen molar-refractivity contribution in [3.8, 4) is 6.07 Å². The van der Waals surface area contributed by atoms with E-state index in [1.54, 1.807) is 0 Å². The van der Waals surface area contributed by atoms with Crippen molar-refractivity contribution in [3.63, 3.8) is 0 Å². The zero-order valence-electron chi connectivity index (χ0n) is 10.0. The van der Waals surface area contributed by atoms with Gasteiger partial charge in [0.05, 0.1) is 6.20 Å². The summed E-state index contributed by atoms with van der Waals surface area (Å²) < 4.78 is 13.9. The van der Waals surface area contributed by atoms with E-state index in [1.807, 2.05) is 6.07 Å². The molecule has 2 aromatic rings. The van der Waals surface area contributed by atoms with Gasteiger partial charge in [0, 0.05) is 0 Å². The summed E-state index contributed by atoms with van der Waals surface area (Å²) in [6.07, 6.45) is 1.21. The minimum Gasteiger partial charge on any atom is -0.308 e. The first kappa shape index (κ1) is 12.0. The molecule has 2 heterocycles. The summed E-state index contributed by atoms with van der Waals surface area (Å²) in [5.41, 5.74) is 0.484. The monoisotopic (exact) mass is 270 g/mol. The van der Waals surface area contributed by atoms with Crippen molar-refractivity contribution in [3.05, 3.63) is 47.4 Å². The number of nitrogens with zero attached hydrogens (tertiary/aromatic N) is 3. The molecule has 1 aromatic carbocycles. The molecule has 1 unspecified atom stereocenters. The Morgan fingerprint density at radius 1 is 1.30 bits per heavy atom. The second-order valence-electron chi connectivity index (χ2n) is 4.24. The molecule has 0 saturated carbocycles. The van der Waals surface area contributed by atoms with Gasteiger partial charge in [0.2, 0.25) is 5.91 Å². The maximum atomic E-state index is 12.9. The zero-order chi connectivity index (χ0) is 14.3. The molecule has 0 fully saturated rings. The van der Waals surface area contributed by atoms with Crippen LogP contribution in [0, 0.1) is 17.1 Å². The Hall–Kier alpha value is -3.01. The highest BCUT2D eigenvalue weighted by atomic mass is 19.1. The Morgan fingerprint density at radius 3 is 2.65 bits per heavy atom. The van der Waals surface area contributed by atoms with Crippen molar-refractivity contribution in [1.82, 2.24) is 9.78 Å². The highest BCUT2D eigenvalue weighted by Gasteiger charge is 2.37. The molecule has 1 amide bonds.